The average molecular weight is 233 g/mol. The van der Waals surface area contributed by atoms with Gasteiger partial charge >= 0.3 is 5.97 Å². The summed E-state index contributed by atoms with van der Waals surface area (Å²) in [4.78, 5) is 12.5. The van der Waals surface area contributed by atoms with Gasteiger partial charge in [0.15, 0.2) is 0 Å². The number of phenolic OH excluding ortho intramolecular Hbond substituents is 1. The molecule has 4 nitrogen and oxygen atoms in total. The second kappa shape index (κ2) is 6.27. The van der Waals surface area contributed by atoms with E-state index in [-0.39, 0.29) is 0 Å². The van der Waals surface area contributed by atoms with Crippen LogP contribution >= 0.6 is 11.6 Å². The molecule has 0 aromatic heterocycles. The highest BCUT2D eigenvalue weighted by Gasteiger charge is 2.01. The fourth-order valence-electron chi connectivity index (χ4n) is 0.773. The number of carbonyl (C=O) groups excluding carboxylic acids is 1. The number of rotatable bonds is 0. The van der Waals surface area contributed by atoms with Gasteiger partial charge in [0.05, 0.1) is 0 Å². The van der Waals surface area contributed by atoms with Gasteiger partial charge in [0.25, 0.3) is 0 Å². The third kappa shape index (κ3) is 4.67. The normalized spacial score (nSPS) is 8.87. The van der Waals surface area contributed by atoms with Crippen LogP contribution in [0.15, 0.2) is 12.1 Å². The molecule has 0 unspecified atom stereocenters. The van der Waals surface area contributed by atoms with Gasteiger partial charge in [-0.1, -0.05) is 11.6 Å². The molecule has 0 saturated heterocycles. The third-order valence-corrected chi connectivity index (χ3v) is 2.23. The molecule has 0 bridgehead atoms. The summed E-state index contributed by atoms with van der Waals surface area (Å²) in [7, 11) is 0. The molecule has 0 amide bonds. The highest BCUT2D eigenvalue weighted by molar-refractivity contribution is 6.31. The lowest BCUT2D eigenvalue weighted by Crippen LogP contribution is -1.89. The van der Waals surface area contributed by atoms with Crippen LogP contribution in [0.2, 0.25) is 5.02 Å². The van der Waals surface area contributed by atoms with E-state index in [2.05, 4.69) is 4.89 Å². The van der Waals surface area contributed by atoms with Crippen molar-refractivity contribution in [1.82, 2.24) is 0 Å². The SMILES string of the molecule is CC(=O)OO.Cc1c(O)ccc(Cl)c1C. The minimum atomic E-state index is -0.690. The van der Waals surface area contributed by atoms with E-state index in [4.69, 9.17) is 22.0 Å². The van der Waals surface area contributed by atoms with Crippen molar-refractivity contribution < 1.29 is 20.0 Å². The van der Waals surface area contributed by atoms with Crippen molar-refractivity contribution in [2.45, 2.75) is 20.8 Å². The van der Waals surface area contributed by atoms with Crippen molar-refractivity contribution in [3.05, 3.63) is 28.3 Å². The third-order valence-electron chi connectivity index (χ3n) is 1.82. The van der Waals surface area contributed by atoms with Gasteiger partial charge < -0.3 is 9.99 Å². The lowest BCUT2D eigenvalue weighted by Gasteiger charge is -2.03. The number of benzene rings is 1. The smallest absolute Gasteiger partial charge is 0.339 e. The predicted octanol–water partition coefficient (Wildman–Crippen LogP) is 2.68. The van der Waals surface area contributed by atoms with Crippen molar-refractivity contribution in [2.75, 3.05) is 0 Å². The largest absolute Gasteiger partial charge is 0.508 e. The van der Waals surface area contributed by atoms with Crippen molar-refractivity contribution in [3.63, 3.8) is 0 Å². The van der Waals surface area contributed by atoms with Crippen LogP contribution in [0.5, 0.6) is 5.75 Å². The summed E-state index contributed by atoms with van der Waals surface area (Å²) in [5.41, 5.74) is 1.80. The lowest BCUT2D eigenvalue weighted by molar-refractivity contribution is -0.231. The molecule has 84 valence electrons. The Balaban J connectivity index is 0.000000336. The Hall–Kier alpha value is -1.26. The maximum absolute atomic E-state index is 9.34. The van der Waals surface area contributed by atoms with Crippen LogP contribution in [0.1, 0.15) is 18.1 Å². The summed E-state index contributed by atoms with van der Waals surface area (Å²) < 4.78 is 0. The summed E-state index contributed by atoms with van der Waals surface area (Å²) in [6.07, 6.45) is 0. The second-order valence-corrected chi connectivity index (χ2v) is 3.31. The van der Waals surface area contributed by atoms with Crippen molar-refractivity contribution in [1.29, 1.82) is 0 Å². The van der Waals surface area contributed by atoms with E-state index in [1.54, 1.807) is 12.1 Å². The molecular formula is C10H13ClO4. The Morgan fingerprint density at radius 1 is 1.33 bits per heavy atom. The summed E-state index contributed by atoms with van der Waals surface area (Å²) in [5.74, 6) is -0.382. The average Bonchev–Trinajstić information content (AvgIpc) is 2.21. The molecule has 5 heteroatoms. The van der Waals surface area contributed by atoms with Gasteiger partial charge in [-0.15, -0.1) is 0 Å². The number of hydrogen-bond acceptors (Lipinski definition) is 4. The first-order valence-electron chi connectivity index (χ1n) is 4.16. The molecule has 0 aliphatic heterocycles. The zero-order chi connectivity index (χ0) is 12.0. The van der Waals surface area contributed by atoms with Gasteiger partial charge in [-0.2, -0.15) is 5.26 Å². The first-order chi connectivity index (χ1) is 6.90. The van der Waals surface area contributed by atoms with Crippen LogP contribution in [0.3, 0.4) is 0 Å². The van der Waals surface area contributed by atoms with E-state index in [9.17, 15) is 4.79 Å². The zero-order valence-electron chi connectivity index (χ0n) is 8.74. The van der Waals surface area contributed by atoms with Gasteiger partial charge in [-0.25, -0.2) is 4.79 Å². The van der Waals surface area contributed by atoms with Crippen LogP contribution in [0, 0.1) is 13.8 Å². The second-order valence-electron chi connectivity index (χ2n) is 2.90. The molecule has 0 atom stereocenters. The van der Waals surface area contributed by atoms with Crippen LogP contribution < -0.4 is 0 Å². The minimum Gasteiger partial charge on any atom is -0.508 e. The first kappa shape index (κ1) is 13.7. The molecule has 0 aliphatic carbocycles. The van der Waals surface area contributed by atoms with E-state index < -0.39 is 5.97 Å². The fourth-order valence-corrected chi connectivity index (χ4v) is 0.978. The van der Waals surface area contributed by atoms with Crippen molar-refractivity contribution in [3.8, 4) is 5.75 Å². The molecule has 0 fully saturated rings. The number of carbonyl (C=O) groups is 1. The molecule has 1 aromatic carbocycles. The number of hydrogen-bond donors (Lipinski definition) is 2. The summed E-state index contributed by atoms with van der Waals surface area (Å²) in [6.45, 7) is 4.84. The summed E-state index contributed by atoms with van der Waals surface area (Å²) in [5, 5.41) is 17.2. The van der Waals surface area contributed by atoms with Gasteiger partial charge in [0.2, 0.25) is 0 Å². The summed E-state index contributed by atoms with van der Waals surface area (Å²) >= 11 is 5.77. The quantitative estimate of drug-likeness (QED) is 0.533. The molecule has 1 rings (SSSR count). The van der Waals surface area contributed by atoms with E-state index in [0.717, 1.165) is 18.1 Å². The fraction of sp³-hybridized carbons (Fsp3) is 0.300. The number of aromatic hydroxyl groups is 1. The van der Waals surface area contributed by atoms with Crippen LogP contribution in [-0.2, 0) is 9.68 Å². The number of phenols is 1. The highest BCUT2D eigenvalue weighted by Crippen LogP contribution is 2.25. The van der Waals surface area contributed by atoms with E-state index in [1.807, 2.05) is 13.8 Å². The lowest BCUT2D eigenvalue weighted by atomic mass is 10.1. The van der Waals surface area contributed by atoms with E-state index >= 15 is 0 Å². The molecule has 0 heterocycles. The topological polar surface area (TPSA) is 66.8 Å². The molecule has 15 heavy (non-hydrogen) atoms. The van der Waals surface area contributed by atoms with Crippen LogP contribution in [0.4, 0.5) is 0 Å². The van der Waals surface area contributed by atoms with Crippen LogP contribution in [-0.4, -0.2) is 16.3 Å². The Morgan fingerprint density at radius 2 is 1.80 bits per heavy atom. The predicted molar refractivity (Wildman–Crippen MR) is 57.0 cm³/mol. The molecule has 0 saturated carbocycles. The van der Waals surface area contributed by atoms with Gasteiger partial charge in [0.1, 0.15) is 5.75 Å². The molecule has 0 spiro atoms. The van der Waals surface area contributed by atoms with Crippen LogP contribution in [0.25, 0.3) is 0 Å². The van der Waals surface area contributed by atoms with Crippen molar-refractivity contribution in [2.24, 2.45) is 0 Å². The van der Waals surface area contributed by atoms with E-state index in [0.29, 0.717) is 10.8 Å². The maximum Gasteiger partial charge on any atom is 0.339 e. The minimum absolute atomic E-state index is 0.307. The standard InChI is InChI=1S/C8H9ClO.C2H4O3/c1-5-6(2)8(10)4-3-7(5)9;1-2(3)5-4/h3-4,10H,1-2H3;4H,1H3. The molecule has 2 N–H and O–H groups in total. The van der Waals surface area contributed by atoms with E-state index in [1.165, 1.54) is 0 Å². The monoisotopic (exact) mass is 232 g/mol. The Morgan fingerprint density at radius 3 is 2.13 bits per heavy atom. The van der Waals surface area contributed by atoms with Crippen molar-refractivity contribution >= 4 is 17.6 Å². The molecular weight excluding hydrogens is 220 g/mol. The first-order valence-corrected chi connectivity index (χ1v) is 4.54. The maximum atomic E-state index is 9.34. The van der Waals surface area contributed by atoms with Gasteiger partial charge in [0, 0.05) is 11.9 Å². The highest BCUT2D eigenvalue weighted by atomic mass is 35.5. The molecule has 1 aromatic rings. The summed E-state index contributed by atoms with van der Waals surface area (Å²) in [6, 6.07) is 3.30. The molecule has 0 aliphatic rings. The zero-order valence-corrected chi connectivity index (χ0v) is 9.50. The van der Waals surface area contributed by atoms with Gasteiger partial charge in [-0.05, 0) is 37.1 Å². The molecule has 0 radical (unpaired) electrons. The Labute approximate surface area is 93.0 Å². The van der Waals surface area contributed by atoms with Gasteiger partial charge in [-0.3, -0.25) is 0 Å². The Bertz CT molecular complexity index is 323. The number of halogens is 1. The Kier molecular flexibility index (Phi) is 5.74.